The zero-order chi connectivity index (χ0) is 16.4. The first-order valence-corrected chi connectivity index (χ1v) is 5.91. The summed E-state index contributed by atoms with van der Waals surface area (Å²) in [7, 11) is 0. The second-order valence-electron chi connectivity index (χ2n) is 3.72. The molecule has 0 saturated carbocycles. The highest BCUT2D eigenvalue weighted by atomic mass is 16.6. The van der Waals surface area contributed by atoms with Crippen LogP contribution in [0.2, 0.25) is 0 Å². The van der Waals surface area contributed by atoms with Gasteiger partial charge in [0, 0.05) is 25.0 Å². The van der Waals surface area contributed by atoms with Gasteiger partial charge in [-0.15, -0.1) is 0 Å². The minimum absolute atomic E-state index is 0.106. The molecule has 0 aromatic heterocycles. The van der Waals surface area contributed by atoms with Gasteiger partial charge in [0.1, 0.15) is 0 Å². The van der Waals surface area contributed by atoms with Gasteiger partial charge in [0.15, 0.2) is 0 Å². The largest absolute Gasteiger partial charge is 0.475 e. The van der Waals surface area contributed by atoms with Crippen LogP contribution in [0.15, 0.2) is 24.3 Å². The Morgan fingerprint density at radius 2 is 1.86 bits per heavy atom. The maximum Gasteiger partial charge on any atom is 0.372 e. The van der Waals surface area contributed by atoms with Crippen LogP contribution >= 0.6 is 0 Å². The summed E-state index contributed by atoms with van der Waals surface area (Å²) in [6.07, 6.45) is -0.466. The van der Waals surface area contributed by atoms with Crippen molar-refractivity contribution in [2.75, 3.05) is 6.61 Å². The van der Waals surface area contributed by atoms with Crippen molar-refractivity contribution in [1.82, 2.24) is 0 Å². The van der Waals surface area contributed by atoms with E-state index in [1.807, 2.05) is 0 Å². The summed E-state index contributed by atoms with van der Waals surface area (Å²) in [6, 6.07) is 5.55. The monoisotopic (exact) mass is 297 g/mol. The van der Waals surface area contributed by atoms with E-state index < -0.39 is 23.1 Å². The first kappa shape index (κ1) is 18.2. The molecule has 1 N–H and O–H groups in total. The standard InChI is InChI=1S/C9H7NO5.C4H8O2/c11-8(9(12)13)5-6-3-1-2-4-7(6)10(14)15;1-3-6-4(2)5/h1-4H,5H2,(H,12,13);3H2,1-2H3. The third-order valence-corrected chi connectivity index (χ3v) is 2.13. The SMILES string of the molecule is CCOC(C)=O.O=C(O)C(=O)Cc1ccccc1[N+](=O)[O-]. The number of nitrogens with zero attached hydrogens (tertiary/aromatic N) is 1. The smallest absolute Gasteiger partial charge is 0.372 e. The van der Waals surface area contributed by atoms with Crippen LogP contribution in [0.4, 0.5) is 5.69 Å². The second kappa shape index (κ2) is 9.18. The van der Waals surface area contributed by atoms with Crippen molar-refractivity contribution in [1.29, 1.82) is 0 Å². The predicted molar refractivity (Wildman–Crippen MR) is 71.8 cm³/mol. The number of rotatable bonds is 5. The number of nitro benzene ring substituents is 1. The van der Waals surface area contributed by atoms with Gasteiger partial charge in [-0.25, -0.2) is 4.79 Å². The number of benzene rings is 1. The number of carbonyl (C=O) groups is 3. The van der Waals surface area contributed by atoms with Crippen LogP contribution in [-0.4, -0.2) is 34.4 Å². The predicted octanol–water partition coefficient (Wildman–Crippen LogP) is 1.36. The zero-order valence-electron chi connectivity index (χ0n) is 11.6. The molecular formula is C13H15NO7. The molecule has 0 amide bonds. The van der Waals surface area contributed by atoms with Crippen molar-refractivity contribution in [3.8, 4) is 0 Å². The molecule has 8 heteroatoms. The van der Waals surface area contributed by atoms with Gasteiger partial charge >= 0.3 is 11.9 Å². The number of carboxylic acid groups (broad SMARTS) is 1. The summed E-state index contributed by atoms with van der Waals surface area (Å²) in [5.74, 6) is -2.87. The van der Waals surface area contributed by atoms with Gasteiger partial charge in [-0.2, -0.15) is 0 Å². The second-order valence-corrected chi connectivity index (χ2v) is 3.72. The molecule has 0 radical (unpaired) electrons. The lowest BCUT2D eigenvalue weighted by Crippen LogP contribution is -2.15. The lowest BCUT2D eigenvalue weighted by Gasteiger charge is -1.99. The van der Waals surface area contributed by atoms with E-state index >= 15 is 0 Å². The molecule has 1 aromatic rings. The zero-order valence-corrected chi connectivity index (χ0v) is 11.6. The summed E-state index contributed by atoms with van der Waals surface area (Å²) in [5.41, 5.74) is -0.137. The Morgan fingerprint density at radius 1 is 1.29 bits per heavy atom. The van der Waals surface area contributed by atoms with Crippen LogP contribution in [0.3, 0.4) is 0 Å². The maximum absolute atomic E-state index is 10.9. The van der Waals surface area contributed by atoms with Crippen molar-refractivity contribution in [2.45, 2.75) is 20.3 Å². The molecule has 0 heterocycles. The van der Waals surface area contributed by atoms with Gasteiger partial charge in [0.25, 0.3) is 5.69 Å². The normalized spacial score (nSPS) is 9.05. The number of esters is 1. The van der Waals surface area contributed by atoms with Gasteiger partial charge in [-0.05, 0) is 6.92 Å². The minimum Gasteiger partial charge on any atom is -0.475 e. The first-order chi connectivity index (χ1) is 9.79. The highest BCUT2D eigenvalue weighted by Gasteiger charge is 2.19. The number of nitro groups is 1. The van der Waals surface area contributed by atoms with Crippen molar-refractivity contribution in [3.63, 3.8) is 0 Å². The highest BCUT2D eigenvalue weighted by Crippen LogP contribution is 2.18. The van der Waals surface area contributed by atoms with E-state index in [0.29, 0.717) is 6.61 Å². The fourth-order valence-corrected chi connectivity index (χ4v) is 1.29. The van der Waals surface area contributed by atoms with E-state index in [0.717, 1.165) is 0 Å². The van der Waals surface area contributed by atoms with E-state index in [1.165, 1.54) is 31.2 Å². The Bertz CT molecular complexity index is 539. The molecule has 0 bridgehead atoms. The van der Waals surface area contributed by atoms with E-state index in [4.69, 9.17) is 5.11 Å². The molecule has 0 saturated heterocycles. The number of para-hydroxylation sites is 1. The molecule has 1 aromatic carbocycles. The number of hydrogen-bond donors (Lipinski definition) is 1. The lowest BCUT2D eigenvalue weighted by molar-refractivity contribution is -0.385. The number of Topliss-reactive ketones (excluding diaryl/α,β-unsaturated/α-hetero) is 1. The van der Waals surface area contributed by atoms with Gasteiger partial charge in [0.05, 0.1) is 11.5 Å². The van der Waals surface area contributed by atoms with Crippen molar-refractivity contribution in [2.24, 2.45) is 0 Å². The fourth-order valence-electron chi connectivity index (χ4n) is 1.29. The number of hydrogen-bond acceptors (Lipinski definition) is 6. The van der Waals surface area contributed by atoms with Gasteiger partial charge in [-0.1, -0.05) is 18.2 Å². The number of aliphatic carboxylic acids is 1. The molecular weight excluding hydrogens is 282 g/mol. The molecule has 0 aliphatic rings. The van der Waals surface area contributed by atoms with E-state index in [2.05, 4.69) is 4.74 Å². The molecule has 1 rings (SSSR count). The number of carbonyl (C=O) groups excluding carboxylic acids is 2. The third kappa shape index (κ3) is 7.41. The molecule has 0 aliphatic carbocycles. The van der Waals surface area contributed by atoms with Crippen molar-refractivity contribution >= 4 is 23.4 Å². The molecule has 0 spiro atoms. The Labute approximate surface area is 120 Å². The van der Waals surface area contributed by atoms with Crippen LogP contribution in [0.1, 0.15) is 19.4 Å². The van der Waals surface area contributed by atoms with Crippen LogP contribution < -0.4 is 0 Å². The van der Waals surface area contributed by atoms with Crippen molar-refractivity contribution in [3.05, 3.63) is 39.9 Å². The topological polar surface area (TPSA) is 124 Å². The van der Waals surface area contributed by atoms with Gasteiger partial charge < -0.3 is 9.84 Å². The maximum atomic E-state index is 10.9. The van der Waals surface area contributed by atoms with Crippen LogP contribution in [0, 0.1) is 10.1 Å². The first-order valence-electron chi connectivity index (χ1n) is 5.91. The molecule has 0 unspecified atom stereocenters. The van der Waals surface area contributed by atoms with Crippen molar-refractivity contribution < 1.29 is 29.2 Å². The van der Waals surface area contributed by atoms with Crippen LogP contribution in [0.5, 0.6) is 0 Å². The Hall–Kier alpha value is -2.77. The van der Waals surface area contributed by atoms with Crippen LogP contribution in [0.25, 0.3) is 0 Å². The third-order valence-electron chi connectivity index (χ3n) is 2.13. The molecule has 8 nitrogen and oxygen atoms in total. The Balaban J connectivity index is 0.000000567. The Morgan fingerprint density at radius 3 is 2.24 bits per heavy atom. The lowest BCUT2D eigenvalue weighted by atomic mass is 10.1. The number of ketones is 1. The minimum atomic E-state index is -1.59. The van der Waals surface area contributed by atoms with Crippen LogP contribution in [-0.2, 0) is 25.5 Å². The van der Waals surface area contributed by atoms with E-state index in [1.54, 1.807) is 6.92 Å². The average Bonchev–Trinajstić information content (AvgIpc) is 2.39. The molecule has 114 valence electrons. The summed E-state index contributed by atoms with van der Waals surface area (Å²) in [5, 5.41) is 18.9. The van der Waals surface area contributed by atoms with Gasteiger partial charge in [0.2, 0.25) is 5.78 Å². The fraction of sp³-hybridized carbons (Fsp3) is 0.308. The highest BCUT2D eigenvalue weighted by molar-refractivity contribution is 6.33. The quantitative estimate of drug-likeness (QED) is 0.376. The Kier molecular flexibility index (Phi) is 7.97. The van der Waals surface area contributed by atoms with E-state index in [-0.39, 0.29) is 17.2 Å². The number of ether oxygens (including phenoxy) is 1. The summed E-state index contributed by atoms with van der Waals surface area (Å²) in [6.45, 7) is 3.65. The van der Waals surface area contributed by atoms with Gasteiger partial charge in [-0.3, -0.25) is 19.7 Å². The molecule has 0 fully saturated rings. The summed E-state index contributed by atoms with van der Waals surface area (Å²) < 4.78 is 4.40. The molecule has 0 aliphatic heterocycles. The average molecular weight is 297 g/mol. The van der Waals surface area contributed by atoms with E-state index in [9.17, 15) is 24.5 Å². The number of carboxylic acids is 1. The molecule has 0 atom stereocenters. The summed E-state index contributed by atoms with van der Waals surface area (Å²) in [4.78, 5) is 40.8. The summed E-state index contributed by atoms with van der Waals surface area (Å²) >= 11 is 0. The molecule has 21 heavy (non-hydrogen) atoms.